The van der Waals surface area contributed by atoms with Gasteiger partial charge in [0.05, 0.1) is 12.2 Å². The largest absolute Gasteiger partial charge is 0.484 e. The van der Waals surface area contributed by atoms with Gasteiger partial charge in [-0.25, -0.2) is 4.79 Å². The number of carbonyl (C=O) groups is 2. The Morgan fingerprint density at radius 3 is 2.43 bits per heavy atom. The van der Waals surface area contributed by atoms with Gasteiger partial charge in [0.25, 0.3) is 5.91 Å². The smallest absolute Gasteiger partial charge is 0.341 e. The van der Waals surface area contributed by atoms with Crippen LogP contribution in [-0.2, 0) is 9.53 Å². The molecule has 0 aliphatic rings. The molecule has 6 heteroatoms. The van der Waals surface area contributed by atoms with E-state index in [1.165, 1.54) is 11.3 Å². The number of thiophene rings is 1. The molecule has 5 nitrogen and oxygen atoms in total. The number of carbonyl (C=O) groups excluding carboxylic acids is 2. The van der Waals surface area contributed by atoms with Gasteiger partial charge < -0.3 is 14.8 Å². The van der Waals surface area contributed by atoms with E-state index in [0.717, 1.165) is 16.0 Å². The number of nitrogens with one attached hydrogen (secondary N) is 1. The van der Waals surface area contributed by atoms with Crippen LogP contribution in [0.5, 0.6) is 5.75 Å². The lowest BCUT2D eigenvalue weighted by atomic mass is 10.1. The fourth-order valence-corrected chi connectivity index (χ4v) is 3.60. The van der Waals surface area contributed by atoms with Crippen LogP contribution in [0.15, 0.2) is 60.7 Å². The zero-order chi connectivity index (χ0) is 19.9. The molecule has 0 aliphatic carbocycles. The predicted octanol–water partition coefficient (Wildman–Crippen LogP) is 4.92. The highest BCUT2D eigenvalue weighted by Gasteiger charge is 2.20. The van der Waals surface area contributed by atoms with E-state index in [4.69, 9.17) is 9.47 Å². The molecule has 0 unspecified atom stereocenters. The first kappa shape index (κ1) is 19.6. The van der Waals surface area contributed by atoms with Crippen LogP contribution < -0.4 is 10.1 Å². The van der Waals surface area contributed by atoms with Crippen molar-refractivity contribution in [1.29, 1.82) is 0 Å². The van der Waals surface area contributed by atoms with Gasteiger partial charge in [0.15, 0.2) is 6.61 Å². The lowest BCUT2D eigenvalue weighted by Crippen LogP contribution is -2.21. The molecule has 0 bridgehead atoms. The maximum Gasteiger partial charge on any atom is 0.341 e. The molecule has 1 aromatic heterocycles. The molecule has 0 saturated heterocycles. The van der Waals surface area contributed by atoms with E-state index in [-0.39, 0.29) is 19.1 Å². The normalized spacial score (nSPS) is 10.4. The van der Waals surface area contributed by atoms with E-state index in [2.05, 4.69) is 5.32 Å². The molecule has 144 valence electrons. The Labute approximate surface area is 167 Å². The van der Waals surface area contributed by atoms with E-state index >= 15 is 0 Å². The zero-order valence-corrected chi connectivity index (χ0v) is 16.5. The summed E-state index contributed by atoms with van der Waals surface area (Å²) >= 11 is 1.33. The minimum absolute atomic E-state index is 0.149. The number of anilines is 1. The number of amides is 1. The molecule has 0 atom stereocenters. The average Bonchev–Trinajstić information content (AvgIpc) is 3.12. The third-order valence-corrected chi connectivity index (χ3v) is 5.03. The van der Waals surface area contributed by atoms with Crippen LogP contribution >= 0.6 is 11.3 Å². The average molecular weight is 395 g/mol. The summed E-state index contributed by atoms with van der Waals surface area (Å²) in [5, 5.41) is 3.23. The number of rotatable bonds is 7. The van der Waals surface area contributed by atoms with Gasteiger partial charge in [0, 0.05) is 4.88 Å². The van der Waals surface area contributed by atoms with Crippen LogP contribution in [0.2, 0.25) is 0 Å². The SMILES string of the molecule is CCOC(=O)c1cc(-c2ccccc2)sc1NC(=O)COc1ccc(C)cc1. The first-order valence-corrected chi connectivity index (χ1v) is 9.74. The topological polar surface area (TPSA) is 64.6 Å². The summed E-state index contributed by atoms with van der Waals surface area (Å²) in [6.45, 7) is 3.84. The first-order chi connectivity index (χ1) is 13.6. The van der Waals surface area contributed by atoms with Crippen molar-refractivity contribution in [2.75, 3.05) is 18.5 Å². The van der Waals surface area contributed by atoms with E-state index in [0.29, 0.717) is 16.3 Å². The predicted molar refractivity (Wildman–Crippen MR) is 111 cm³/mol. The second-order valence-corrected chi connectivity index (χ2v) is 7.14. The molecule has 0 spiro atoms. The Morgan fingerprint density at radius 2 is 1.75 bits per heavy atom. The van der Waals surface area contributed by atoms with Crippen molar-refractivity contribution in [3.63, 3.8) is 0 Å². The van der Waals surface area contributed by atoms with Crippen LogP contribution in [0.25, 0.3) is 10.4 Å². The van der Waals surface area contributed by atoms with Gasteiger partial charge in [-0.1, -0.05) is 48.0 Å². The van der Waals surface area contributed by atoms with E-state index < -0.39 is 5.97 Å². The molecule has 1 amide bonds. The third-order valence-electron chi connectivity index (χ3n) is 3.93. The first-order valence-electron chi connectivity index (χ1n) is 8.92. The van der Waals surface area contributed by atoms with Gasteiger partial charge in [0.1, 0.15) is 10.8 Å². The molecule has 3 rings (SSSR count). The van der Waals surface area contributed by atoms with Crippen LogP contribution in [0, 0.1) is 6.92 Å². The zero-order valence-electron chi connectivity index (χ0n) is 15.7. The number of ether oxygens (including phenoxy) is 2. The molecule has 0 radical (unpaired) electrons. The van der Waals surface area contributed by atoms with Gasteiger partial charge in [-0.05, 0) is 37.6 Å². The van der Waals surface area contributed by atoms with Crippen molar-refractivity contribution in [2.45, 2.75) is 13.8 Å². The number of esters is 1. The highest BCUT2D eigenvalue weighted by atomic mass is 32.1. The second kappa shape index (κ2) is 9.19. The lowest BCUT2D eigenvalue weighted by Gasteiger charge is -2.08. The quantitative estimate of drug-likeness (QED) is 0.577. The van der Waals surface area contributed by atoms with Crippen LogP contribution in [0.1, 0.15) is 22.8 Å². The Hall–Kier alpha value is -3.12. The van der Waals surface area contributed by atoms with Crippen molar-refractivity contribution < 1.29 is 19.1 Å². The summed E-state index contributed by atoms with van der Waals surface area (Å²) in [4.78, 5) is 25.5. The minimum Gasteiger partial charge on any atom is -0.484 e. The summed E-state index contributed by atoms with van der Waals surface area (Å²) in [5.74, 6) is -0.189. The molecule has 2 aromatic carbocycles. The van der Waals surface area contributed by atoms with Crippen molar-refractivity contribution >= 4 is 28.2 Å². The molecule has 0 fully saturated rings. The summed E-state index contributed by atoms with van der Waals surface area (Å²) in [6, 6.07) is 18.9. The van der Waals surface area contributed by atoms with Gasteiger partial charge in [-0.15, -0.1) is 11.3 Å². The molecule has 1 N–H and O–H groups in total. The molecule has 1 heterocycles. The van der Waals surface area contributed by atoms with Crippen molar-refractivity contribution in [3.05, 3.63) is 71.8 Å². The summed E-state index contributed by atoms with van der Waals surface area (Å²) in [5.41, 5.74) is 2.42. The number of aryl methyl sites for hydroxylation is 1. The van der Waals surface area contributed by atoms with Crippen molar-refractivity contribution in [2.24, 2.45) is 0 Å². The van der Waals surface area contributed by atoms with E-state index in [1.54, 1.807) is 13.0 Å². The standard InChI is InChI=1S/C22H21NO4S/c1-3-26-22(25)18-13-19(16-7-5-4-6-8-16)28-21(18)23-20(24)14-27-17-11-9-15(2)10-12-17/h4-13H,3,14H2,1-2H3,(H,23,24). The molecular formula is C22H21NO4S. The number of benzene rings is 2. The highest BCUT2D eigenvalue weighted by Crippen LogP contribution is 2.35. The van der Waals surface area contributed by atoms with Crippen molar-refractivity contribution in [3.8, 4) is 16.2 Å². The van der Waals surface area contributed by atoms with Gasteiger partial charge in [-0.3, -0.25) is 4.79 Å². The Balaban J connectivity index is 1.75. The fourth-order valence-electron chi connectivity index (χ4n) is 2.54. The Kier molecular flexibility index (Phi) is 6.45. The number of hydrogen-bond acceptors (Lipinski definition) is 5. The van der Waals surface area contributed by atoms with Gasteiger partial charge >= 0.3 is 5.97 Å². The minimum atomic E-state index is -0.462. The van der Waals surface area contributed by atoms with Crippen molar-refractivity contribution in [1.82, 2.24) is 0 Å². The monoisotopic (exact) mass is 395 g/mol. The Bertz CT molecular complexity index is 948. The molecule has 0 aliphatic heterocycles. The highest BCUT2D eigenvalue weighted by molar-refractivity contribution is 7.20. The third kappa shape index (κ3) is 4.98. The Morgan fingerprint density at radius 1 is 1.04 bits per heavy atom. The van der Waals surface area contributed by atoms with Crippen LogP contribution in [-0.4, -0.2) is 25.1 Å². The van der Waals surface area contributed by atoms with Gasteiger partial charge in [-0.2, -0.15) is 0 Å². The van der Waals surface area contributed by atoms with Crippen LogP contribution in [0.3, 0.4) is 0 Å². The van der Waals surface area contributed by atoms with Gasteiger partial charge in [0.2, 0.25) is 0 Å². The molecule has 0 saturated carbocycles. The maximum absolute atomic E-state index is 12.3. The summed E-state index contributed by atoms with van der Waals surface area (Å²) < 4.78 is 10.6. The second-order valence-electron chi connectivity index (χ2n) is 6.09. The number of hydrogen-bond donors (Lipinski definition) is 1. The summed E-state index contributed by atoms with van der Waals surface area (Å²) in [6.07, 6.45) is 0. The maximum atomic E-state index is 12.3. The summed E-state index contributed by atoms with van der Waals surface area (Å²) in [7, 11) is 0. The molecule has 3 aromatic rings. The molecule has 28 heavy (non-hydrogen) atoms. The molecular weight excluding hydrogens is 374 g/mol. The van der Waals surface area contributed by atoms with E-state index in [1.807, 2.05) is 61.5 Å². The van der Waals surface area contributed by atoms with E-state index in [9.17, 15) is 9.59 Å². The fraction of sp³-hybridized carbons (Fsp3) is 0.182. The van der Waals surface area contributed by atoms with Crippen LogP contribution in [0.4, 0.5) is 5.00 Å². The lowest BCUT2D eigenvalue weighted by molar-refractivity contribution is -0.118.